The molecule has 3 nitrogen and oxygen atoms in total. The highest BCUT2D eigenvalue weighted by Gasteiger charge is 2.08. The molecule has 0 saturated carbocycles. The third-order valence-electron chi connectivity index (χ3n) is 2.74. The van der Waals surface area contributed by atoms with Crippen molar-refractivity contribution in [2.24, 2.45) is 0 Å². The van der Waals surface area contributed by atoms with Crippen LogP contribution in [0.3, 0.4) is 0 Å². The Kier molecular flexibility index (Phi) is 5.12. The molecule has 0 radical (unpaired) electrons. The van der Waals surface area contributed by atoms with E-state index in [1.165, 1.54) is 24.6 Å². The predicted molar refractivity (Wildman–Crippen MR) is 69.7 cm³/mol. The maximum absolute atomic E-state index is 4.28. The summed E-state index contributed by atoms with van der Waals surface area (Å²) in [6.07, 6.45) is 1.85. The lowest BCUT2D eigenvalue weighted by molar-refractivity contribution is 0.301. The van der Waals surface area contributed by atoms with Crippen LogP contribution in [0.1, 0.15) is 5.69 Å². The molecule has 0 bridgehead atoms. The van der Waals surface area contributed by atoms with E-state index < -0.39 is 0 Å². The molecule has 16 heavy (non-hydrogen) atoms. The lowest BCUT2D eigenvalue weighted by atomic mass is 10.3. The van der Waals surface area contributed by atoms with Crippen LogP contribution in [-0.2, 0) is 6.54 Å². The van der Waals surface area contributed by atoms with E-state index in [2.05, 4.69) is 33.0 Å². The molecule has 1 fully saturated rings. The Bertz CT molecular complexity index is 286. The molecule has 2 heterocycles. The summed E-state index contributed by atoms with van der Waals surface area (Å²) >= 11 is 2.06. The predicted octanol–water partition coefficient (Wildman–Crippen LogP) is 1.22. The Morgan fingerprint density at radius 3 is 2.94 bits per heavy atom. The van der Waals surface area contributed by atoms with Gasteiger partial charge in [-0.25, -0.2) is 0 Å². The van der Waals surface area contributed by atoms with Gasteiger partial charge in [0.05, 0.1) is 5.69 Å². The molecule has 0 aromatic carbocycles. The summed E-state index contributed by atoms with van der Waals surface area (Å²) in [5.74, 6) is 2.58. The first kappa shape index (κ1) is 11.9. The molecule has 0 amide bonds. The van der Waals surface area contributed by atoms with E-state index in [0.29, 0.717) is 0 Å². The number of aromatic nitrogens is 1. The van der Waals surface area contributed by atoms with Gasteiger partial charge in [-0.1, -0.05) is 6.07 Å². The van der Waals surface area contributed by atoms with Crippen molar-refractivity contribution < 1.29 is 0 Å². The van der Waals surface area contributed by atoms with Gasteiger partial charge in [-0.3, -0.25) is 4.98 Å². The molecule has 88 valence electrons. The van der Waals surface area contributed by atoms with Crippen LogP contribution in [0.2, 0.25) is 0 Å². The van der Waals surface area contributed by atoms with Crippen LogP contribution in [0, 0.1) is 0 Å². The number of nitrogens with zero attached hydrogens (tertiary/aromatic N) is 2. The second-order valence-corrected chi connectivity index (χ2v) is 5.18. The highest BCUT2D eigenvalue weighted by atomic mass is 32.2. The molecule has 1 aliphatic rings. The van der Waals surface area contributed by atoms with Gasteiger partial charge in [-0.2, -0.15) is 11.8 Å². The van der Waals surface area contributed by atoms with E-state index in [9.17, 15) is 0 Å². The van der Waals surface area contributed by atoms with Crippen LogP contribution in [0.25, 0.3) is 0 Å². The first-order chi connectivity index (χ1) is 7.95. The van der Waals surface area contributed by atoms with Crippen LogP contribution in [-0.4, -0.2) is 47.6 Å². The average Bonchev–Trinajstić information content (AvgIpc) is 2.37. The molecule has 1 N–H and O–H groups in total. The summed E-state index contributed by atoms with van der Waals surface area (Å²) in [4.78, 5) is 6.81. The highest BCUT2D eigenvalue weighted by molar-refractivity contribution is 7.99. The van der Waals surface area contributed by atoms with Crippen molar-refractivity contribution in [3.63, 3.8) is 0 Å². The minimum atomic E-state index is 0.878. The first-order valence-corrected chi connectivity index (χ1v) is 7.01. The van der Waals surface area contributed by atoms with Crippen molar-refractivity contribution in [1.82, 2.24) is 15.2 Å². The van der Waals surface area contributed by atoms with Crippen LogP contribution in [0.5, 0.6) is 0 Å². The zero-order chi connectivity index (χ0) is 11.1. The van der Waals surface area contributed by atoms with E-state index in [-0.39, 0.29) is 0 Å². The largest absolute Gasteiger partial charge is 0.310 e. The molecule has 0 aliphatic carbocycles. The van der Waals surface area contributed by atoms with Crippen molar-refractivity contribution in [3.8, 4) is 0 Å². The van der Waals surface area contributed by atoms with Gasteiger partial charge in [0.25, 0.3) is 0 Å². The standard InChI is InChI=1S/C12H19N3S/c1-2-4-14-12(3-1)11-13-5-6-15-7-9-16-10-8-15/h1-4,13H,5-11H2. The summed E-state index contributed by atoms with van der Waals surface area (Å²) in [6, 6.07) is 6.05. The maximum Gasteiger partial charge on any atom is 0.0541 e. The Balaban J connectivity index is 1.58. The fraction of sp³-hybridized carbons (Fsp3) is 0.583. The van der Waals surface area contributed by atoms with Crippen molar-refractivity contribution >= 4 is 11.8 Å². The zero-order valence-electron chi connectivity index (χ0n) is 9.56. The molecule has 0 spiro atoms. The van der Waals surface area contributed by atoms with Crippen LogP contribution >= 0.6 is 11.8 Å². The first-order valence-electron chi connectivity index (χ1n) is 5.86. The number of pyridine rings is 1. The Morgan fingerprint density at radius 2 is 2.19 bits per heavy atom. The Hall–Kier alpha value is -0.580. The molecule has 1 saturated heterocycles. The number of hydrogen-bond acceptors (Lipinski definition) is 4. The molecular formula is C12H19N3S. The van der Waals surface area contributed by atoms with Gasteiger partial charge in [0.2, 0.25) is 0 Å². The van der Waals surface area contributed by atoms with E-state index >= 15 is 0 Å². The van der Waals surface area contributed by atoms with Gasteiger partial charge in [-0.15, -0.1) is 0 Å². The smallest absolute Gasteiger partial charge is 0.0541 e. The minimum absolute atomic E-state index is 0.878. The average molecular weight is 237 g/mol. The summed E-state index contributed by atoms with van der Waals surface area (Å²) < 4.78 is 0. The Labute approximate surface area is 102 Å². The topological polar surface area (TPSA) is 28.2 Å². The second kappa shape index (κ2) is 6.89. The number of nitrogens with one attached hydrogen (secondary N) is 1. The monoisotopic (exact) mass is 237 g/mol. The van der Waals surface area contributed by atoms with Crippen LogP contribution < -0.4 is 5.32 Å². The second-order valence-electron chi connectivity index (χ2n) is 3.95. The van der Waals surface area contributed by atoms with E-state index in [0.717, 1.165) is 25.3 Å². The molecule has 1 aromatic rings. The van der Waals surface area contributed by atoms with Gasteiger partial charge in [0, 0.05) is 50.4 Å². The summed E-state index contributed by atoms with van der Waals surface area (Å²) in [5.41, 5.74) is 1.12. The zero-order valence-corrected chi connectivity index (χ0v) is 10.4. The molecule has 4 heteroatoms. The lowest BCUT2D eigenvalue weighted by Crippen LogP contribution is -2.37. The molecular weight excluding hydrogens is 218 g/mol. The molecule has 0 unspecified atom stereocenters. The fourth-order valence-electron chi connectivity index (χ4n) is 1.78. The van der Waals surface area contributed by atoms with E-state index in [4.69, 9.17) is 0 Å². The van der Waals surface area contributed by atoms with Crippen molar-refractivity contribution in [1.29, 1.82) is 0 Å². The van der Waals surface area contributed by atoms with E-state index in [1.807, 2.05) is 18.3 Å². The molecule has 0 atom stereocenters. The van der Waals surface area contributed by atoms with Crippen LogP contribution in [0.4, 0.5) is 0 Å². The number of rotatable bonds is 5. The van der Waals surface area contributed by atoms with E-state index in [1.54, 1.807) is 0 Å². The van der Waals surface area contributed by atoms with Gasteiger partial charge in [0.15, 0.2) is 0 Å². The third kappa shape index (κ3) is 4.12. The molecule has 2 rings (SSSR count). The summed E-state index contributed by atoms with van der Waals surface area (Å²) in [6.45, 7) is 5.59. The summed E-state index contributed by atoms with van der Waals surface area (Å²) in [7, 11) is 0. The summed E-state index contributed by atoms with van der Waals surface area (Å²) in [5, 5.41) is 3.44. The molecule has 1 aliphatic heterocycles. The van der Waals surface area contributed by atoms with Crippen molar-refractivity contribution in [2.45, 2.75) is 6.54 Å². The fourth-order valence-corrected chi connectivity index (χ4v) is 2.76. The SMILES string of the molecule is c1ccc(CNCCN2CCSCC2)nc1. The normalized spacial score (nSPS) is 17.5. The van der Waals surface area contributed by atoms with Gasteiger partial charge in [-0.05, 0) is 12.1 Å². The number of hydrogen-bond donors (Lipinski definition) is 1. The minimum Gasteiger partial charge on any atom is -0.310 e. The lowest BCUT2D eigenvalue weighted by Gasteiger charge is -2.26. The quantitative estimate of drug-likeness (QED) is 0.780. The van der Waals surface area contributed by atoms with Gasteiger partial charge < -0.3 is 10.2 Å². The Morgan fingerprint density at radius 1 is 1.31 bits per heavy atom. The van der Waals surface area contributed by atoms with Gasteiger partial charge in [0.1, 0.15) is 0 Å². The number of thioether (sulfide) groups is 1. The van der Waals surface area contributed by atoms with Crippen LogP contribution in [0.15, 0.2) is 24.4 Å². The maximum atomic E-state index is 4.28. The van der Waals surface area contributed by atoms with Crippen molar-refractivity contribution in [3.05, 3.63) is 30.1 Å². The molecule has 1 aromatic heterocycles. The van der Waals surface area contributed by atoms with Gasteiger partial charge >= 0.3 is 0 Å². The van der Waals surface area contributed by atoms with Crippen molar-refractivity contribution in [2.75, 3.05) is 37.7 Å². The third-order valence-corrected chi connectivity index (χ3v) is 3.68. The highest BCUT2D eigenvalue weighted by Crippen LogP contribution is 2.07.